The number of phenolic OH excluding ortho intramolecular Hbond substituents is 1. The molecule has 0 saturated heterocycles. The lowest BCUT2D eigenvalue weighted by Crippen LogP contribution is -2.36. The molecule has 0 bridgehead atoms. The van der Waals surface area contributed by atoms with Crippen LogP contribution < -0.4 is 5.32 Å². The summed E-state index contributed by atoms with van der Waals surface area (Å²) in [6.45, 7) is 4.01. The van der Waals surface area contributed by atoms with E-state index in [4.69, 9.17) is 6.42 Å². The quantitative estimate of drug-likeness (QED) is 0.743. The Kier molecular flexibility index (Phi) is 3.33. The number of hydrogen-bond acceptors (Lipinski definition) is 2. The molecule has 80 valence electrons. The van der Waals surface area contributed by atoms with Gasteiger partial charge in [0.15, 0.2) is 11.6 Å². The van der Waals surface area contributed by atoms with Gasteiger partial charge in [0, 0.05) is 12.1 Å². The Balaban J connectivity index is 2.75. The van der Waals surface area contributed by atoms with E-state index in [0.29, 0.717) is 12.1 Å². The van der Waals surface area contributed by atoms with Crippen LogP contribution in [0.3, 0.4) is 0 Å². The molecule has 0 fully saturated rings. The molecule has 1 rings (SSSR count). The number of benzene rings is 1. The SMILES string of the molecule is C#CC(C)(C)NCc1cccc(F)c1O. The number of phenols is 1. The number of hydrogen-bond donors (Lipinski definition) is 2. The van der Waals surface area contributed by atoms with Gasteiger partial charge in [0.2, 0.25) is 0 Å². The largest absolute Gasteiger partial charge is 0.505 e. The summed E-state index contributed by atoms with van der Waals surface area (Å²) in [7, 11) is 0. The van der Waals surface area contributed by atoms with Crippen LogP contribution in [0.1, 0.15) is 19.4 Å². The number of para-hydroxylation sites is 1. The molecule has 15 heavy (non-hydrogen) atoms. The van der Waals surface area contributed by atoms with Gasteiger partial charge in [-0.2, -0.15) is 0 Å². The molecule has 0 aliphatic rings. The lowest BCUT2D eigenvalue weighted by Gasteiger charge is -2.19. The zero-order valence-corrected chi connectivity index (χ0v) is 8.84. The molecule has 0 saturated carbocycles. The third-order valence-corrected chi connectivity index (χ3v) is 2.15. The Morgan fingerprint density at radius 3 is 2.80 bits per heavy atom. The molecule has 0 amide bonds. The van der Waals surface area contributed by atoms with Crippen LogP contribution in [0.15, 0.2) is 18.2 Å². The maximum absolute atomic E-state index is 13.0. The molecule has 0 aromatic heterocycles. The second kappa shape index (κ2) is 4.33. The number of rotatable bonds is 3. The molecule has 3 heteroatoms. The molecule has 0 aliphatic carbocycles. The van der Waals surface area contributed by atoms with Gasteiger partial charge >= 0.3 is 0 Å². The van der Waals surface area contributed by atoms with Crippen LogP contribution in [-0.2, 0) is 6.54 Å². The average Bonchev–Trinajstić information content (AvgIpc) is 2.20. The van der Waals surface area contributed by atoms with Crippen molar-refractivity contribution in [2.45, 2.75) is 25.9 Å². The van der Waals surface area contributed by atoms with Crippen molar-refractivity contribution in [1.29, 1.82) is 0 Å². The summed E-state index contributed by atoms with van der Waals surface area (Å²) in [6, 6.07) is 4.41. The predicted octanol–water partition coefficient (Wildman–Crippen LogP) is 2.03. The molecular weight excluding hydrogens is 193 g/mol. The van der Waals surface area contributed by atoms with E-state index in [2.05, 4.69) is 11.2 Å². The Labute approximate surface area is 89.1 Å². The zero-order valence-electron chi connectivity index (χ0n) is 8.84. The van der Waals surface area contributed by atoms with Crippen molar-refractivity contribution < 1.29 is 9.50 Å². The molecule has 0 radical (unpaired) electrons. The molecule has 0 unspecified atom stereocenters. The maximum Gasteiger partial charge on any atom is 0.165 e. The van der Waals surface area contributed by atoms with Crippen LogP contribution in [0, 0.1) is 18.2 Å². The van der Waals surface area contributed by atoms with Crippen molar-refractivity contribution in [3.05, 3.63) is 29.6 Å². The van der Waals surface area contributed by atoms with Crippen molar-refractivity contribution in [3.63, 3.8) is 0 Å². The van der Waals surface area contributed by atoms with E-state index in [0.717, 1.165) is 0 Å². The summed E-state index contributed by atoms with van der Waals surface area (Å²) >= 11 is 0. The lowest BCUT2D eigenvalue weighted by molar-refractivity contribution is 0.415. The fourth-order valence-corrected chi connectivity index (χ4v) is 1.07. The van der Waals surface area contributed by atoms with Crippen LogP contribution >= 0.6 is 0 Å². The second-order valence-corrected chi connectivity index (χ2v) is 3.87. The van der Waals surface area contributed by atoms with Gasteiger partial charge in [0.05, 0.1) is 5.54 Å². The number of nitrogens with one attached hydrogen (secondary N) is 1. The Morgan fingerprint density at radius 2 is 2.20 bits per heavy atom. The monoisotopic (exact) mass is 207 g/mol. The van der Waals surface area contributed by atoms with Gasteiger partial charge in [-0.15, -0.1) is 6.42 Å². The fourth-order valence-electron chi connectivity index (χ4n) is 1.07. The fraction of sp³-hybridized carbons (Fsp3) is 0.333. The standard InChI is InChI=1S/C12H14FNO/c1-4-12(2,3)14-8-9-6-5-7-10(13)11(9)15/h1,5-7,14-15H,8H2,2-3H3. The molecule has 1 aromatic carbocycles. The first-order valence-corrected chi connectivity index (χ1v) is 4.65. The summed E-state index contributed by atoms with van der Waals surface area (Å²) in [6.07, 6.45) is 5.29. The summed E-state index contributed by atoms with van der Waals surface area (Å²) in [5.41, 5.74) is 0.0250. The highest BCUT2D eigenvalue weighted by molar-refractivity contribution is 5.33. The van der Waals surface area contributed by atoms with Crippen LogP contribution in [0.4, 0.5) is 4.39 Å². The van der Waals surface area contributed by atoms with Crippen molar-refractivity contribution in [2.75, 3.05) is 0 Å². The summed E-state index contributed by atoms with van der Waals surface area (Å²) in [4.78, 5) is 0. The highest BCUT2D eigenvalue weighted by Gasteiger charge is 2.14. The van der Waals surface area contributed by atoms with E-state index in [1.165, 1.54) is 6.07 Å². The summed E-state index contributed by atoms with van der Waals surface area (Å²) < 4.78 is 13.0. The Morgan fingerprint density at radius 1 is 1.53 bits per heavy atom. The van der Waals surface area contributed by atoms with E-state index in [-0.39, 0.29) is 5.75 Å². The predicted molar refractivity (Wildman–Crippen MR) is 57.8 cm³/mol. The molecule has 1 aromatic rings. The normalized spacial score (nSPS) is 11.1. The third kappa shape index (κ3) is 2.97. The molecular formula is C12H14FNO. The molecule has 0 aliphatic heterocycles. The topological polar surface area (TPSA) is 32.3 Å². The van der Waals surface area contributed by atoms with Gasteiger partial charge in [0.1, 0.15) is 0 Å². The maximum atomic E-state index is 13.0. The molecule has 0 heterocycles. The van der Waals surface area contributed by atoms with E-state index < -0.39 is 11.4 Å². The highest BCUT2D eigenvalue weighted by Crippen LogP contribution is 2.20. The summed E-state index contributed by atoms with van der Waals surface area (Å²) in [5, 5.41) is 12.4. The average molecular weight is 207 g/mol. The minimum atomic E-state index is -0.618. The highest BCUT2D eigenvalue weighted by atomic mass is 19.1. The van der Waals surface area contributed by atoms with Crippen LogP contribution in [0.25, 0.3) is 0 Å². The minimum Gasteiger partial charge on any atom is -0.505 e. The smallest absolute Gasteiger partial charge is 0.165 e. The van der Waals surface area contributed by atoms with Crippen molar-refractivity contribution >= 4 is 0 Å². The lowest BCUT2D eigenvalue weighted by atomic mass is 10.1. The van der Waals surface area contributed by atoms with Crippen molar-refractivity contribution in [1.82, 2.24) is 5.32 Å². The van der Waals surface area contributed by atoms with Crippen molar-refractivity contribution in [2.24, 2.45) is 0 Å². The first-order chi connectivity index (χ1) is 6.96. The van der Waals surface area contributed by atoms with E-state index >= 15 is 0 Å². The second-order valence-electron chi connectivity index (χ2n) is 3.87. The van der Waals surface area contributed by atoms with Gasteiger partial charge in [-0.1, -0.05) is 18.1 Å². The Hall–Kier alpha value is -1.53. The van der Waals surface area contributed by atoms with E-state index in [1.807, 2.05) is 13.8 Å². The van der Waals surface area contributed by atoms with E-state index in [1.54, 1.807) is 12.1 Å². The van der Waals surface area contributed by atoms with Crippen molar-refractivity contribution in [3.8, 4) is 18.1 Å². The number of aromatic hydroxyl groups is 1. The number of terminal acetylenes is 1. The van der Waals surface area contributed by atoms with Crippen LogP contribution in [-0.4, -0.2) is 10.6 Å². The molecule has 0 atom stereocenters. The molecule has 0 spiro atoms. The minimum absolute atomic E-state index is 0.321. The van der Waals surface area contributed by atoms with Gasteiger partial charge < -0.3 is 5.11 Å². The molecule has 2 nitrogen and oxygen atoms in total. The van der Waals surface area contributed by atoms with Gasteiger partial charge in [-0.25, -0.2) is 4.39 Å². The Bertz CT molecular complexity index is 393. The first kappa shape index (κ1) is 11.5. The van der Waals surface area contributed by atoms with Crippen LogP contribution in [0.5, 0.6) is 5.75 Å². The van der Waals surface area contributed by atoms with Gasteiger partial charge in [0.25, 0.3) is 0 Å². The zero-order chi connectivity index (χ0) is 11.5. The number of halogens is 1. The van der Waals surface area contributed by atoms with Gasteiger partial charge in [-0.05, 0) is 19.9 Å². The van der Waals surface area contributed by atoms with Gasteiger partial charge in [-0.3, -0.25) is 5.32 Å². The van der Waals surface area contributed by atoms with E-state index in [9.17, 15) is 9.50 Å². The first-order valence-electron chi connectivity index (χ1n) is 4.65. The summed E-state index contributed by atoms with van der Waals surface area (Å²) in [5.74, 6) is 1.62. The van der Waals surface area contributed by atoms with Crippen LogP contribution in [0.2, 0.25) is 0 Å². The molecule has 2 N–H and O–H groups in total. The third-order valence-electron chi connectivity index (χ3n) is 2.15.